The van der Waals surface area contributed by atoms with Gasteiger partial charge in [-0.1, -0.05) is 18.2 Å². The van der Waals surface area contributed by atoms with Crippen LogP contribution in [0, 0.1) is 0 Å². The van der Waals surface area contributed by atoms with Gasteiger partial charge >= 0.3 is 0 Å². The van der Waals surface area contributed by atoms with Gasteiger partial charge in [0, 0.05) is 18.3 Å². The van der Waals surface area contributed by atoms with E-state index >= 15 is 0 Å². The minimum Gasteiger partial charge on any atom is -0.495 e. The molecule has 2 unspecified atom stereocenters. The Bertz CT molecular complexity index is 622. The number of allylic oxidation sites excluding steroid dienone is 1. The van der Waals surface area contributed by atoms with Gasteiger partial charge in [0.05, 0.1) is 7.11 Å². The molecule has 1 aliphatic carbocycles. The molecule has 21 heavy (non-hydrogen) atoms. The van der Waals surface area contributed by atoms with Gasteiger partial charge in [0.15, 0.2) is 9.84 Å². The van der Waals surface area contributed by atoms with Crippen LogP contribution in [0.25, 0.3) is 0 Å². The van der Waals surface area contributed by atoms with Gasteiger partial charge in [-0.15, -0.1) is 0 Å². The Labute approximate surface area is 127 Å². The summed E-state index contributed by atoms with van der Waals surface area (Å²) < 4.78 is 28.6. The number of benzene rings is 1. The zero-order valence-electron chi connectivity index (χ0n) is 12.8. The van der Waals surface area contributed by atoms with E-state index in [0.29, 0.717) is 11.8 Å². The lowest BCUT2D eigenvalue weighted by molar-refractivity contribution is 0.400. The molecule has 0 fully saturated rings. The molecule has 0 aromatic heterocycles. The third-order valence-corrected chi connectivity index (χ3v) is 4.94. The van der Waals surface area contributed by atoms with E-state index in [2.05, 4.69) is 24.4 Å². The summed E-state index contributed by atoms with van der Waals surface area (Å²) >= 11 is 0. The van der Waals surface area contributed by atoms with Gasteiger partial charge in [0.2, 0.25) is 0 Å². The van der Waals surface area contributed by atoms with Gasteiger partial charge in [-0.25, -0.2) is 8.42 Å². The number of sulfone groups is 1. The summed E-state index contributed by atoms with van der Waals surface area (Å²) in [5.41, 5.74) is 1.03. The van der Waals surface area contributed by atoms with Crippen LogP contribution >= 0.6 is 0 Å². The van der Waals surface area contributed by atoms with Gasteiger partial charge in [-0.2, -0.15) is 0 Å². The maximum Gasteiger partial charge on any atom is 0.179 e. The van der Waals surface area contributed by atoms with E-state index in [1.807, 2.05) is 6.07 Å². The second kappa shape index (κ2) is 6.62. The highest BCUT2D eigenvalue weighted by atomic mass is 32.2. The molecule has 1 aromatic rings. The fourth-order valence-electron chi connectivity index (χ4n) is 2.63. The molecule has 0 aliphatic heterocycles. The Morgan fingerprint density at radius 3 is 2.71 bits per heavy atom. The first-order valence-corrected chi connectivity index (χ1v) is 9.11. The second-order valence-electron chi connectivity index (χ2n) is 5.54. The fraction of sp³-hybridized carbons (Fsp3) is 0.500. The molecule has 0 radical (unpaired) electrons. The smallest absolute Gasteiger partial charge is 0.179 e. The van der Waals surface area contributed by atoms with Crippen LogP contribution in [-0.2, 0) is 9.84 Å². The van der Waals surface area contributed by atoms with E-state index < -0.39 is 9.84 Å². The standard InChI is InChI=1S/C16H23NO3S/c1-12(17-14-7-5-4-6-8-14)13-9-10-16(21(3,18)19)15(11-13)20-2/h5,7,9-12,14,17H,4,6,8H2,1-3H3. The fourth-order valence-corrected chi connectivity index (χ4v) is 3.45. The van der Waals surface area contributed by atoms with E-state index in [9.17, 15) is 8.42 Å². The van der Waals surface area contributed by atoms with Crippen molar-refractivity contribution in [3.63, 3.8) is 0 Å². The number of hydrogen-bond acceptors (Lipinski definition) is 4. The quantitative estimate of drug-likeness (QED) is 0.850. The van der Waals surface area contributed by atoms with Crippen molar-refractivity contribution in [1.82, 2.24) is 5.32 Å². The molecule has 0 saturated carbocycles. The largest absolute Gasteiger partial charge is 0.495 e. The molecule has 0 heterocycles. The van der Waals surface area contributed by atoms with Crippen LogP contribution in [0.15, 0.2) is 35.2 Å². The van der Waals surface area contributed by atoms with Crippen LogP contribution in [0.4, 0.5) is 0 Å². The molecule has 116 valence electrons. The Kier molecular flexibility index (Phi) is 5.06. The second-order valence-corrected chi connectivity index (χ2v) is 7.52. The molecule has 4 nitrogen and oxygen atoms in total. The summed E-state index contributed by atoms with van der Waals surface area (Å²) in [6.07, 6.45) is 9.11. The number of ether oxygens (including phenoxy) is 1. The first kappa shape index (κ1) is 16.0. The highest BCUT2D eigenvalue weighted by Crippen LogP contribution is 2.28. The monoisotopic (exact) mass is 309 g/mol. The third-order valence-electron chi connectivity index (χ3n) is 3.81. The van der Waals surface area contributed by atoms with Gasteiger partial charge in [0.1, 0.15) is 10.6 Å². The first-order chi connectivity index (χ1) is 9.91. The average Bonchev–Trinajstić information content (AvgIpc) is 2.46. The topological polar surface area (TPSA) is 55.4 Å². The molecule has 2 atom stereocenters. The Hall–Kier alpha value is -1.33. The maximum atomic E-state index is 11.7. The summed E-state index contributed by atoms with van der Waals surface area (Å²) in [7, 11) is -1.78. The van der Waals surface area contributed by atoms with Gasteiger partial charge in [-0.3, -0.25) is 0 Å². The lowest BCUT2D eigenvalue weighted by Crippen LogP contribution is -2.31. The van der Waals surface area contributed by atoms with E-state index in [4.69, 9.17) is 4.74 Å². The number of methoxy groups -OCH3 is 1. The van der Waals surface area contributed by atoms with Gasteiger partial charge in [-0.05, 0) is 43.9 Å². The highest BCUT2D eigenvalue weighted by Gasteiger charge is 2.18. The Morgan fingerprint density at radius 2 is 2.14 bits per heavy atom. The van der Waals surface area contributed by atoms with Gasteiger partial charge < -0.3 is 10.1 Å². The van der Waals surface area contributed by atoms with Crippen molar-refractivity contribution in [2.45, 2.75) is 43.2 Å². The normalized spacial score (nSPS) is 20.2. The summed E-state index contributed by atoms with van der Waals surface area (Å²) in [4.78, 5) is 0.235. The predicted molar refractivity (Wildman–Crippen MR) is 84.4 cm³/mol. The summed E-state index contributed by atoms with van der Waals surface area (Å²) in [6, 6.07) is 5.80. The van der Waals surface area contributed by atoms with Crippen molar-refractivity contribution in [3.8, 4) is 5.75 Å². The first-order valence-electron chi connectivity index (χ1n) is 7.22. The third kappa shape index (κ3) is 4.08. The molecular weight excluding hydrogens is 286 g/mol. The zero-order valence-corrected chi connectivity index (χ0v) is 13.6. The van der Waals surface area contributed by atoms with Crippen LogP contribution in [0.5, 0.6) is 5.75 Å². The lowest BCUT2D eigenvalue weighted by atomic mass is 10.0. The maximum absolute atomic E-state index is 11.7. The van der Waals surface area contributed by atoms with Crippen LogP contribution in [-0.4, -0.2) is 27.8 Å². The highest BCUT2D eigenvalue weighted by molar-refractivity contribution is 7.90. The van der Waals surface area contributed by atoms with Crippen LogP contribution < -0.4 is 10.1 Å². The Morgan fingerprint density at radius 1 is 1.38 bits per heavy atom. The minimum absolute atomic E-state index is 0.139. The molecule has 0 spiro atoms. The molecule has 0 saturated heterocycles. The van der Waals surface area contributed by atoms with E-state index in [0.717, 1.165) is 18.4 Å². The molecule has 1 aromatic carbocycles. The molecule has 0 amide bonds. The lowest BCUT2D eigenvalue weighted by Gasteiger charge is -2.23. The molecule has 0 bridgehead atoms. The average molecular weight is 309 g/mol. The zero-order chi connectivity index (χ0) is 15.5. The molecule has 1 N–H and O–H groups in total. The Balaban J connectivity index is 2.20. The van der Waals surface area contributed by atoms with Crippen molar-refractivity contribution in [1.29, 1.82) is 0 Å². The van der Waals surface area contributed by atoms with E-state index in [-0.39, 0.29) is 10.9 Å². The van der Waals surface area contributed by atoms with Crippen molar-refractivity contribution in [3.05, 3.63) is 35.9 Å². The number of nitrogens with one attached hydrogen (secondary N) is 1. The molecule has 2 rings (SSSR count). The van der Waals surface area contributed by atoms with E-state index in [1.54, 1.807) is 12.1 Å². The molecular formula is C16H23NO3S. The van der Waals surface area contributed by atoms with Crippen LogP contribution in [0.1, 0.15) is 37.8 Å². The molecule has 1 aliphatic rings. The number of rotatable bonds is 5. The minimum atomic E-state index is -3.27. The van der Waals surface area contributed by atoms with Crippen molar-refractivity contribution < 1.29 is 13.2 Å². The van der Waals surface area contributed by atoms with Gasteiger partial charge in [0.25, 0.3) is 0 Å². The predicted octanol–water partition coefficient (Wildman–Crippen LogP) is 2.86. The van der Waals surface area contributed by atoms with Crippen molar-refractivity contribution >= 4 is 9.84 Å². The van der Waals surface area contributed by atoms with Crippen molar-refractivity contribution in [2.75, 3.05) is 13.4 Å². The SMILES string of the molecule is COc1cc(C(C)NC2C=CCCC2)ccc1S(C)(=O)=O. The number of hydrogen-bond donors (Lipinski definition) is 1. The van der Waals surface area contributed by atoms with Crippen molar-refractivity contribution in [2.24, 2.45) is 0 Å². The summed E-state index contributed by atoms with van der Waals surface area (Å²) in [6.45, 7) is 2.08. The summed E-state index contributed by atoms with van der Waals surface area (Å²) in [5.74, 6) is 0.405. The van der Waals surface area contributed by atoms with E-state index in [1.165, 1.54) is 19.8 Å². The van der Waals surface area contributed by atoms with Crippen LogP contribution in [0.2, 0.25) is 0 Å². The molecule has 5 heteroatoms. The summed E-state index contributed by atoms with van der Waals surface area (Å²) in [5, 5.41) is 3.55. The van der Waals surface area contributed by atoms with Crippen LogP contribution in [0.3, 0.4) is 0 Å².